The molecule has 0 amide bonds. The monoisotopic (exact) mass is 608 g/mol. The van der Waals surface area contributed by atoms with Crippen molar-refractivity contribution in [3.8, 4) is 11.5 Å². The van der Waals surface area contributed by atoms with E-state index < -0.39 is 11.9 Å². The van der Waals surface area contributed by atoms with Crippen molar-refractivity contribution in [2.45, 2.75) is 130 Å². The zero-order valence-corrected chi connectivity index (χ0v) is 28.8. The van der Waals surface area contributed by atoms with E-state index in [0.29, 0.717) is 28.4 Å². The molecule has 0 heterocycles. The lowest BCUT2D eigenvalue weighted by Gasteiger charge is -2.70. The van der Waals surface area contributed by atoms with Crippen molar-refractivity contribution in [3.05, 3.63) is 46.7 Å². The van der Waals surface area contributed by atoms with Crippen molar-refractivity contribution < 1.29 is 24.2 Å². The van der Waals surface area contributed by atoms with Gasteiger partial charge in [0.2, 0.25) is 0 Å². The van der Waals surface area contributed by atoms with Gasteiger partial charge in [0.15, 0.2) is 11.5 Å². The van der Waals surface area contributed by atoms with Gasteiger partial charge in [-0.3, -0.25) is 9.59 Å². The molecular weight excluding hydrogens is 556 g/mol. The second kappa shape index (κ2) is 10.4. The maximum absolute atomic E-state index is 12.2. The van der Waals surface area contributed by atoms with Gasteiger partial charge in [-0.2, -0.15) is 0 Å². The lowest BCUT2D eigenvalue weighted by Crippen LogP contribution is -2.62. The van der Waals surface area contributed by atoms with Crippen LogP contribution in [-0.2, 0) is 15.0 Å². The third-order valence-electron chi connectivity index (χ3n) is 12.6. The number of esters is 2. The van der Waals surface area contributed by atoms with E-state index in [4.69, 9.17) is 9.47 Å². The third kappa shape index (κ3) is 4.80. The number of thioether (sulfide) groups is 1. The van der Waals surface area contributed by atoms with E-state index in [1.807, 2.05) is 24.8 Å². The normalized spacial score (nSPS) is 38.2. The molecule has 0 aromatic heterocycles. The Hall–Kier alpha value is -2.21. The molecule has 0 aliphatic heterocycles. The third-order valence-corrected chi connectivity index (χ3v) is 13.9. The lowest BCUT2D eigenvalue weighted by atomic mass is 9.34. The molecule has 0 radical (unpaired) electrons. The van der Waals surface area contributed by atoms with Crippen LogP contribution in [0.4, 0.5) is 0 Å². The number of ether oxygens (including phenoxy) is 2. The van der Waals surface area contributed by atoms with Crippen LogP contribution in [0.15, 0.2) is 30.1 Å². The van der Waals surface area contributed by atoms with Crippen LogP contribution in [0.1, 0.15) is 129 Å². The summed E-state index contributed by atoms with van der Waals surface area (Å²) in [6.07, 6.45) is 9.99. The Morgan fingerprint density at radius 3 is 2.19 bits per heavy atom. The molecule has 4 aliphatic rings. The minimum atomic E-state index is -0.432. The van der Waals surface area contributed by atoms with Crippen molar-refractivity contribution in [1.82, 2.24) is 0 Å². The lowest BCUT2D eigenvalue weighted by molar-refractivity contribution is -0.157. The molecule has 0 bridgehead atoms. The Morgan fingerprint density at radius 1 is 0.977 bits per heavy atom. The summed E-state index contributed by atoms with van der Waals surface area (Å²) in [5, 5.41) is 11.2. The number of aliphatic hydroxyl groups is 1. The van der Waals surface area contributed by atoms with E-state index in [1.165, 1.54) is 37.0 Å². The number of carbonyl (C=O) groups is 2. The molecule has 1 N–H and O–H groups in total. The number of allylic oxidation sites excluding steroid dienone is 2. The molecule has 1 aromatic rings. The van der Waals surface area contributed by atoms with Crippen molar-refractivity contribution in [3.63, 3.8) is 0 Å². The number of benzene rings is 1. The molecule has 4 aliphatic carbocycles. The first kappa shape index (κ1) is 32.2. The number of hydrogen-bond acceptors (Lipinski definition) is 6. The van der Waals surface area contributed by atoms with Gasteiger partial charge in [-0.1, -0.05) is 66.7 Å². The minimum Gasteiger partial charge on any atom is -0.512 e. The molecule has 1 aromatic carbocycles. The van der Waals surface area contributed by atoms with Crippen molar-refractivity contribution in [1.29, 1.82) is 0 Å². The second-order valence-electron chi connectivity index (χ2n) is 15.7. The van der Waals surface area contributed by atoms with Crippen molar-refractivity contribution in [2.24, 2.45) is 27.6 Å². The summed E-state index contributed by atoms with van der Waals surface area (Å²) in [6, 6.07) is 2.01. The number of fused-ring (bicyclic) bond motifs is 7. The average Bonchev–Trinajstić information content (AvgIpc) is 2.89. The van der Waals surface area contributed by atoms with Gasteiger partial charge < -0.3 is 14.6 Å². The molecule has 0 spiro atoms. The van der Waals surface area contributed by atoms with Gasteiger partial charge in [0.05, 0.1) is 5.76 Å². The molecule has 7 atom stereocenters. The number of rotatable bonds is 5. The zero-order valence-electron chi connectivity index (χ0n) is 28.0. The van der Waals surface area contributed by atoms with Crippen LogP contribution in [0.5, 0.6) is 11.5 Å². The molecule has 43 heavy (non-hydrogen) atoms. The molecular formula is C37H52O5S. The highest BCUT2D eigenvalue weighted by molar-refractivity contribution is 8.00. The van der Waals surface area contributed by atoms with E-state index in [9.17, 15) is 14.7 Å². The fourth-order valence-corrected chi connectivity index (χ4v) is 11.1. The molecule has 1 unspecified atom stereocenters. The van der Waals surface area contributed by atoms with Crippen LogP contribution in [0.2, 0.25) is 0 Å². The summed E-state index contributed by atoms with van der Waals surface area (Å²) >= 11 is 1.93. The van der Waals surface area contributed by atoms with Gasteiger partial charge in [0.1, 0.15) is 0 Å². The standard InChI is InChI=1S/C37H52O5S/c1-21(2)43-28-19-29-35(9,26-18-27(41-24(5)39)32(42-25(6)40)22(3)31(26)28)15-17-37(11)30-20-34(8,23(4)38)13-12-33(30,7)14-16-36(29,37)10/h18-19,21,28,30,38H,4,12-17,20H2,1-3,5-11H3/t28?,30-,33-,34-,35+,36-,37+/m1/s1. The Balaban J connectivity index is 1.72. The number of carbonyl (C=O) groups excluding carboxylic acids is 2. The maximum Gasteiger partial charge on any atom is 0.308 e. The first-order valence-corrected chi connectivity index (χ1v) is 17.1. The molecule has 5 nitrogen and oxygen atoms in total. The average molecular weight is 609 g/mol. The summed E-state index contributed by atoms with van der Waals surface area (Å²) in [6.45, 7) is 25.4. The smallest absolute Gasteiger partial charge is 0.308 e. The summed E-state index contributed by atoms with van der Waals surface area (Å²) in [7, 11) is 0. The van der Waals surface area contributed by atoms with E-state index >= 15 is 0 Å². The largest absolute Gasteiger partial charge is 0.512 e. The van der Waals surface area contributed by atoms with Crippen LogP contribution < -0.4 is 9.47 Å². The first-order valence-electron chi connectivity index (χ1n) is 16.1. The Labute approximate surface area is 263 Å². The molecule has 3 fully saturated rings. The van der Waals surface area contributed by atoms with Gasteiger partial charge in [-0.05, 0) is 96.5 Å². The van der Waals surface area contributed by atoms with Gasteiger partial charge >= 0.3 is 11.9 Å². The predicted molar refractivity (Wildman–Crippen MR) is 175 cm³/mol. The zero-order chi connectivity index (χ0) is 31.9. The fraction of sp³-hybridized carbons (Fsp3) is 0.676. The number of aliphatic hydroxyl groups excluding tert-OH is 1. The summed E-state index contributed by atoms with van der Waals surface area (Å²) in [5.74, 6) is 0.616. The van der Waals surface area contributed by atoms with Gasteiger partial charge in [0.25, 0.3) is 0 Å². The first-order chi connectivity index (χ1) is 19.8. The fourth-order valence-electron chi connectivity index (χ4n) is 9.83. The minimum absolute atomic E-state index is 0.0449. The van der Waals surface area contributed by atoms with Crippen LogP contribution in [-0.4, -0.2) is 22.3 Å². The van der Waals surface area contributed by atoms with Crippen molar-refractivity contribution in [2.75, 3.05) is 0 Å². The Kier molecular flexibility index (Phi) is 7.80. The topological polar surface area (TPSA) is 72.8 Å². The van der Waals surface area contributed by atoms with Gasteiger partial charge in [0, 0.05) is 35.5 Å². The van der Waals surface area contributed by atoms with Crippen molar-refractivity contribution >= 4 is 23.7 Å². The molecule has 5 rings (SSSR count). The Morgan fingerprint density at radius 2 is 1.60 bits per heavy atom. The predicted octanol–water partition coefficient (Wildman–Crippen LogP) is 9.71. The molecule has 236 valence electrons. The highest BCUT2D eigenvalue weighted by Gasteiger charge is 2.67. The SMILES string of the molecule is C=C(O)[C@]1(C)CC[C@]2(C)CC[C@]3(C)C4=CC(SC(C)C)c5c(cc(OC(C)=O)c(OC(C)=O)c5C)[C@]4(C)CC[C@@]3(C)[C@@H]2C1. The van der Waals surface area contributed by atoms with Gasteiger partial charge in [-0.15, -0.1) is 11.8 Å². The summed E-state index contributed by atoms with van der Waals surface area (Å²) in [5.41, 5.74) is 4.51. The van der Waals surface area contributed by atoms with Crippen LogP contribution in [0, 0.1) is 34.5 Å². The Bertz CT molecular complexity index is 1410. The van der Waals surface area contributed by atoms with E-state index in [0.717, 1.165) is 44.1 Å². The maximum atomic E-state index is 12.2. The molecule has 6 heteroatoms. The quantitative estimate of drug-likeness (QED) is 0.155. The van der Waals surface area contributed by atoms with Crippen LogP contribution in [0.25, 0.3) is 0 Å². The number of hydrogen-bond donors (Lipinski definition) is 1. The van der Waals surface area contributed by atoms with E-state index in [-0.39, 0.29) is 32.3 Å². The van der Waals surface area contributed by atoms with Crippen LogP contribution >= 0.6 is 11.8 Å². The highest BCUT2D eigenvalue weighted by atomic mass is 32.2. The van der Waals surface area contributed by atoms with E-state index in [1.54, 1.807) is 0 Å². The molecule has 0 saturated heterocycles. The molecule has 3 saturated carbocycles. The van der Waals surface area contributed by atoms with Crippen LogP contribution in [0.3, 0.4) is 0 Å². The second-order valence-corrected chi connectivity index (χ2v) is 17.4. The summed E-state index contributed by atoms with van der Waals surface area (Å²) < 4.78 is 11.5. The highest BCUT2D eigenvalue weighted by Crippen LogP contribution is 2.75. The summed E-state index contributed by atoms with van der Waals surface area (Å²) in [4.78, 5) is 24.4. The van der Waals surface area contributed by atoms with E-state index in [2.05, 4.69) is 61.1 Å². The van der Waals surface area contributed by atoms with Gasteiger partial charge in [-0.25, -0.2) is 0 Å².